The molecule has 15 heteroatoms. The predicted molar refractivity (Wildman–Crippen MR) is 180 cm³/mol. The van der Waals surface area contributed by atoms with Gasteiger partial charge in [-0.25, -0.2) is 28.5 Å². The summed E-state index contributed by atoms with van der Waals surface area (Å²) in [6.45, 7) is -0.149. The second kappa shape index (κ2) is 11.9. The van der Waals surface area contributed by atoms with Gasteiger partial charge in [0.2, 0.25) is 0 Å². The van der Waals surface area contributed by atoms with E-state index in [-0.39, 0.29) is 53.0 Å². The van der Waals surface area contributed by atoms with Crippen LogP contribution >= 0.6 is 15.9 Å². The molecule has 2 atom stereocenters. The Kier molecular flexibility index (Phi) is 7.81. The molecule has 2 aromatic heterocycles. The van der Waals surface area contributed by atoms with E-state index in [2.05, 4.69) is 20.9 Å². The van der Waals surface area contributed by atoms with Gasteiger partial charge in [0.25, 0.3) is 5.56 Å². The van der Waals surface area contributed by atoms with Gasteiger partial charge in [-0.3, -0.25) is 14.4 Å². The molecule has 0 saturated heterocycles. The Morgan fingerprint density at radius 3 is 2.43 bits per heavy atom. The molecule has 1 aliphatic heterocycles. The number of ketones is 2. The fourth-order valence-electron chi connectivity index (χ4n) is 7.05. The minimum Gasteiger partial charge on any atom is -0.508 e. The number of benzene rings is 2. The summed E-state index contributed by atoms with van der Waals surface area (Å²) in [6, 6.07) is 7.08. The number of carbonyl (C=O) groups is 2. The van der Waals surface area contributed by atoms with Crippen molar-refractivity contribution in [2.75, 3.05) is 21.3 Å². The van der Waals surface area contributed by atoms with Gasteiger partial charge in [-0.15, -0.1) is 0 Å². The molecule has 0 saturated carbocycles. The second-order valence-corrected chi connectivity index (χ2v) is 12.7. The first-order chi connectivity index (χ1) is 23.5. The van der Waals surface area contributed by atoms with Crippen molar-refractivity contribution in [2.24, 2.45) is 7.05 Å². The maximum atomic E-state index is 14.1. The predicted octanol–water partition coefficient (Wildman–Crippen LogP) is 2.43. The van der Waals surface area contributed by atoms with Crippen LogP contribution in [0, 0.1) is 0 Å². The lowest BCUT2D eigenvalue weighted by Crippen LogP contribution is -2.40. The van der Waals surface area contributed by atoms with E-state index >= 15 is 0 Å². The largest absolute Gasteiger partial charge is 0.508 e. The fraction of sp³-hybridized carbons (Fsp3) is 0.294. The third-order valence-electron chi connectivity index (χ3n) is 9.44. The van der Waals surface area contributed by atoms with Gasteiger partial charge in [-0.05, 0) is 39.7 Å². The Morgan fingerprint density at radius 1 is 0.980 bits per heavy atom. The molecule has 49 heavy (non-hydrogen) atoms. The van der Waals surface area contributed by atoms with Crippen LogP contribution in [0.5, 0.6) is 23.0 Å². The number of phenols is 1. The number of Topliss-reactive ketones (excluding diaryl/α,β-unsaturated/α-hetero) is 1. The second-order valence-electron chi connectivity index (χ2n) is 11.9. The summed E-state index contributed by atoms with van der Waals surface area (Å²) in [6.07, 6.45) is 2.92. The average molecular weight is 733 g/mol. The molecule has 1 N–H and O–H groups in total. The van der Waals surface area contributed by atoms with Crippen molar-refractivity contribution in [2.45, 2.75) is 37.9 Å². The number of fused-ring (bicyclic) bond motifs is 4. The van der Waals surface area contributed by atoms with Crippen molar-refractivity contribution in [3.05, 3.63) is 106 Å². The zero-order chi connectivity index (χ0) is 34.9. The highest BCUT2D eigenvalue weighted by Gasteiger charge is 2.45. The number of rotatable bonds is 7. The maximum absolute atomic E-state index is 14.1. The van der Waals surface area contributed by atoms with E-state index in [9.17, 15) is 29.1 Å². The van der Waals surface area contributed by atoms with Crippen LogP contribution in [-0.4, -0.2) is 61.5 Å². The minimum absolute atomic E-state index is 0.00393. The Balaban J connectivity index is 1.30. The first-order valence-corrected chi connectivity index (χ1v) is 16.1. The van der Waals surface area contributed by atoms with Crippen molar-refractivity contribution in [1.29, 1.82) is 0 Å². The zero-order valence-electron chi connectivity index (χ0n) is 26.9. The minimum atomic E-state index is -0.892. The van der Waals surface area contributed by atoms with Gasteiger partial charge >= 0.3 is 11.4 Å². The lowest BCUT2D eigenvalue weighted by atomic mass is 9.68. The standard InChI is InChI=1S/C34H30BrN5O9/c1-37-24-15-28(49-4)27(48-3)14-22(24)36-21(32(37)44)8-9-38-33(45)39-10-7-17-23(40(39)34(38)46)12-19-30(26(42)13-20(35)31(19)43)29(17)18-11-16(47-2)5-6-25(18)41/h5-7,11,13-15,23,29,41H,8-10,12H2,1-4H3/t23-,29-/m1/s1. The molecule has 3 heterocycles. The van der Waals surface area contributed by atoms with E-state index in [4.69, 9.17) is 14.2 Å². The van der Waals surface area contributed by atoms with E-state index in [1.54, 1.807) is 37.4 Å². The summed E-state index contributed by atoms with van der Waals surface area (Å²) in [5.74, 6) is -0.549. The highest BCUT2D eigenvalue weighted by molar-refractivity contribution is 9.12. The van der Waals surface area contributed by atoms with Gasteiger partial charge in [0.05, 0.1) is 49.4 Å². The lowest BCUT2D eigenvalue weighted by molar-refractivity contribution is -0.115. The van der Waals surface area contributed by atoms with Crippen LogP contribution in [0.2, 0.25) is 0 Å². The van der Waals surface area contributed by atoms with E-state index in [1.165, 1.54) is 47.4 Å². The first-order valence-electron chi connectivity index (χ1n) is 15.3. The Labute approximate surface area is 285 Å². The number of halogens is 1. The van der Waals surface area contributed by atoms with Crippen LogP contribution in [0.25, 0.3) is 11.0 Å². The number of methoxy groups -OCH3 is 3. The van der Waals surface area contributed by atoms with Gasteiger partial charge in [-0.2, -0.15) is 0 Å². The molecule has 0 radical (unpaired) electrons. The van der Waals surface area contributed by atoms with Crippen LogP contribution in [-0.2, 0) is 36.1 Å². The van der Waals surface area contributed by atoms with E-state index in [0.717, 1.165) is 4.57 Å². The number of aromatic nitrogens is 5. The Hall–Kier alpha value is -5.44. The van der Waals surface area contributed by atoms with Crippen molar-refractivity contribution in [3.8, 4) is 23.0 Å². The van der Waals surface area contributed by atoms with Gasteiger partial charge in [0.1, 0.15) is 17.2 Å². The molecule has 0 bridgehead atoms. The topological polar surface area (TPSA) is 166 Å². The lowest BCUT2D eigenvalue weighted by Gasteiger charge is -2.39. The molecule has 7 rings (SSSR count). The molecule has 252 valence electrons. The molecule has 2 aromatic carbocycles. The van der Waals surface area contributed by atoms with E-state index in [1.807, 2.05) is 0 Å². The zero-order valence-corrected chi connectivity index (χ0v) is 28.4. The van der Waals surface area contributed by atoms with Crippen LogP contribution < -0.4 is 31.1 Å². The first kappa shape index (κ1) is 32.1. The summed E-state index contributed by atoms with van der Waals surface area (Å²) in [5, 5.41) is 11.0. The van der Waals surface area contributed by atoms with Crippen molar-refractivity contribution >= 4 is 38.5 Å². The number of carbonyl (C=O) groups excluding carboxylic acids is 2. The Bertz CT molecular complexity index is 2410. The number of phenolic OH excluding ortho intramolecular Hbond substituents is 1. The number of allylic oxidation sites excluding steroid dienone is 6. The molecule has 0 unspecified atom stereocenters. The summed E-state index contributed by atoms with van der Waals surface area (Å²) >= 11 is 3.20. The number of aromatic hydroxyl groups is 1. The Morgan fingerprint density at radius 2 is 1.71 bits per heavy atom. The number of hydrogen-bond donors (Lipinski definition) is 1. The van der Waals surface area contributed by atoms with Crippen molar-refractivity contribution < 1.29 is 28.9 Å². The number of ether oxygens (including phenoxy) is 3. The van der Waals surface area contributed by atoms with Crippen LogP contribution in [0.3, 0.4) is 0 Å². The molecular weight excluding hydrogens is 702 g/mol. The summed E-state index contributed by atoms with van der Waals surface area (Å²) in [5.41, 5.74) is 0.784. The SMILES string of the molecule is COc1ccc(O)c([C@H]2C3=CCn4c(=O)n(CCc5nc6cc(OC)c(OC)cc6n(C)c5=O)c(=O)n4[C@@H]3CC3=C2C(=O)C=C(Br)C3=O)c1. The monoisotopic (exact) mass is 731 g/mol. The summed E-state index contributed by atoms with van der Waals surface area (Å²) < 4.78 is 21.3. The van der Waals surface area contributed by atoms with E-state index in [0.29, 0.717) is 39.4 Å². The number of aryl methyl sites for hydroxylation is 2. The van der Waals surface area contributed by atoms with E-state index < -0.39 is 40.5 Å². The van der Waals surface area contributed by atoms with Gasteiger partial charge in [-0.1, -0.05) is 6.08 Å². The number of hydrogen-bond acceptors (Lipinski definition) is 10. The van der Waals surface area contributed by atoms with Crippen molar-refractivity contribution in [3.63, 3.8) is 0 Å². The summed E-state index contributed by atoms with van der Waals surface area (Å²) in [7, 11) is 6.05. The highest BCUT2D eigenvalue weighted by atomic mass is 79.9. The van der Waals surface area contributed by atoms with Crippen LogP contribution in [0.4, 0.5) is 0 Å². The molecular formula is C34H30BrN5O9. The number of nitrogens with zero attached hydrogens (tertiary/aromatic N) is 5. The van der Waals surface area contributed by atoms with Crippen molar-refractivity contribution in [1.82, 2.24) is 23.5 Å². The van der Waals surface area contributed by atoms with Crippen LogP contribution in [0.15, 0.2) is 78.1 Å². The molecule has 3 aliphatic rings. The van der Waals surface area contributed by atoms with Gasteiger partial charge < -0.3 is 23.9 Å². The smallest absolute Gasteiger partial charge is 0.347 e. The third-order valence-corrected chi connectivity index (χ3v) is 10.0. The van der Waals surface area contributed by atoms with Crippen LogP contribution in [0.1, 0.15) is 29.6 Å². The summed E-state index contributed by atoms with van der Waals surface area (Å²) in [4.78, 5) is 72.6. The maximum Gasteiger partial charge on any atom is 0.347 e. The molecule has 14 nitrogen and oxygen atoms in total. The fourth-order valence-corrected chi connectivity index (χ4v) is 7.50. The molecule has 0 spiro atoms. The normalized spacial score (nSPS) is 18.5. The molecule has 0 fully saturated rings. The van der Waals surface area contributed by atoms with Gasteiger partial charge in [0, 0.05) is 67.3 Å². The molecule has 2 aliphatic carbocycles. The molecule has 4 aromatic rings. The quantitative estimate of drug-likeness (QED) is 0.220. The molecule has 0 amide bonds. The third kappa shape index (κ3) is 4.90. The highest BCUT2D eigenvalue weighted by Crippen LogP contribution is 2.52. The average Bonchev–Trinajstić information content (AvgIpc) is 3.35. The van der Waals surface area contributed by atoms with Gasteiger partial charge in [0.15, 0.2) is 23.1 Å².